The van der Waals surface area contributed by atoms with Gasteiger partial charge in [0.1, 0.15) is 0 Å². The van der Waals surface area contributed by atoms with Gasteiger partial charge in [-0.25, -0.2) is 0 Å². The summed E-state index contributed by atoms with van der Waals surface area (Å²) in [5.74, 6) is -0.00102. The highest BCUT2D eigenvalue weighted by Gasteiger charge is 2.15. The molecule has 4 heteroatoms. The lowest BCUT2D eigenvalue weighted by molar-refractivity contribution is -0.122. The largest absolute Gasteiger partial charge is 0.358 e. The molecule has 2 atom stereocenters. The molecule has 1 rings (SSSR count). The summed E-state index contributed by atoms with van der Waals surface area (Å²) in [6.07, 6.45) is 0. The van der Waals surface area contributed by atoms with Crippen LogP contribution in [-0.2, 0) is 4.79 Å². The maximum Gasteiger partial charge on any atom is 0.236 e. The standard InChI is InChI=1S/C12H17BrN2O/c1-8(15-9(2)12(16)14-3)10-6-4-5-7-11(10)13/h4-9,15H,1-3H3,(H,14,16). The van der Waals surface area contributed by atoms with Crippen molar-refractivity contribution >= 4 is 21.8 Å². The van der Waals surface area contributed by atoms with E-state index in [0.717, 1.165) is 10.0 Å². The Hall–Kier alpha value is -0.870. The van der Waals surface area contributed by atoms with Crippen LogP contribution >= 0.6 is 15.9 Å². The molecule has 2 unspecified atom stereocenters. The molecule has 0 aromatic heterocycles. The predicted octanol–water partition coefficient (Wildman–Crippen LogP) is 2.23. The summed E-state index contributed by atoms with van der Waals surface area (Å²) in [4.78, 5) is 11.4. The Balaban J connectivity index is 2.69. The van der Waals surface area contributed by atoms with E-state index in [-0.39, 0.29) is 18.0 Å². The van der Waals surface area contributed by atoms with Gasteiger partial charge in [0.15, 0.2) is 0 Å². The van der Waals surface area contributed by atoms with Crippen LogP contribution in [0.1, 0.15) is 25.5 Å². The van der Waals surface area contributed by atoms with Gasteiger partial charge >= 0.3 is 0 Å². The molecular weight excluding hydrogens is 268 g/mol. The van der Waals surface area contributed by atoms with E-state index < -0.39 is 0 Å². The molecule has 88 valence electrons. The van der Waals surface area contributed by atoms with E-state index in [2.05, 4.69) is 26.6 Å². The molecule has 0 aliphatic heterocycles. The van der Waals surface area contributed by atoms with Gasteiger partial charge in [-0.2, -0.15) is 0 Å². The van der Waals surface area contributed by atoms with Crippen molar-refractivity contribution in [1.29, 1.82) is 0 Å². The van der Waals surface area contributed by atoms with Crippen molar-refractivity contribution in [2.24, 2.45) is 0 Å². The molecular formula is C12H17BrN2O. The molecule has 16 heavy (non-hydrogen) atoms. The number of halogens is 1. The molecule has 3 nitrogen and oxygen atoms in total. The minimum absolute atomic E-state index is 0.00102. The van der Waals surface area contributed by atoms with Gasteiger partial charge in [-0.15, -0.1) is 0 Å². The third-order valence-corrected chi connectivity index (χ3v) is 3.23. The van der Waals surface area contributed by atoms with Crippen LogP contribution in [0.2, 0.25) is 0 Å². The van der Waals surface area contributed by atoms with E-state index in [1.54, 1.807) is 7.05 Å². The lowest BCUT2D eigenvalue weighted by Crippen LogP contribution is -2.41. The van der Waals surface area contributed by atoms with Crippen LogP contribution in [0.4, 0.5) is 0 Å². The van der Waals surface area contributed by atoms with Crippen LogP contribution in [-0.4, -0.2) is 19.0 Å². The van der Waals surface area contributed by atoms with E-state index in [0.29, 0.717) is 0 Å². The highest BCUT2D eigenvalue weighted by Crippen LogP contribution is 2.22. The fourth-order valence-corrected chi connectivity index (χ4v) is 2.21. The van der Waals surface area contributed by atoms with Crippen molar-refractivity contribution in [3.8, 4) is 0 Å². The number of likely N-dealkylation sites (N-methyl/N-ethyl adjacent to an activating group) is 1. The first kappa shape index (κ1) is 13.2. The zero-order chi connectivity index (χ0) is 12.1. The first-order valence-electron chi connectivity index (χ1n) is 5.28. The van der Waals surface area contributed by atoms with Gasteiger partial charge in [0.2, 0.25) is 5.91 Å². The maximum atomic E-state index is 11.4. The van der Waals surface area contributed by atoms with Gasteiger partial charge in [-0.3, -0.25) is 10.1 Å². The Kier molecular flexibility index (Phi) is 4.96. The van der Waals surface area contributed by atoms with Gasteiger partial charge in [0.05, 0.1) is 6.04 Å². The van der Waals surface area contributed by atoms with Gasteiger partial charge in [-0.1, -0.05) is 34.1 Å². The molecule has 0 fully saturated rings. The zero-order valence-electron chi connectivity index (χ0n) is 9.75. The first-order valence-corrected chi connectivity index (χ1v) is 6.07. The van der Waals surface area contributed by atoms with Gasteiger partial charge in [0, 0.05) is 17.6 Å². The topological polar surface area (TPSA) is 41.1 Å². The van der Waals surface area contributed by atoms with Crippen molar-refractivity contribution in [2.75, 3.05) is 7.05 Å². The van der Waals surface area contributed by atoms with Crippen LogP contribution in [0.15, 0.2) is 28.7 Å². The lowest BCUT2D eigenvalue weighted by atomic mass is 10.1. The van der Waals surface area contributed by atoms with Crippen LogP contribution in [0.25, 0.3) is 0 Å². The molecule has 1 amide bonds. The Labute approximate surface area is 105 Å². The average Bonchev–Trinajstić information content (AvgIpc) is 2.28. The number of hydrogen-bond acceptors (Lipinski definition) is 2. The maximum absolute atomic E-state index is 11.4. The number of benzene rings is 1. The minimum Gasteiger partial charge on any atom is -0.358 e. The number of carbonyl (C=O) groups excluding carboxylic acids is 1. The molecule has 1 aromatic carbocycles. The van der Waals surface area contributed by atoms with Gasteiger partial charge in [-0.05, 0) is 25.5 Å². The molecule has 0 aliphatic carbocycles. The van der Waals surface area contributed by atoms with E-state index in [4.69, 9.17) is 0 Å². The summed E-state index contributed by atoms with van der Waals surface area (Å²) in [7, 11) is 1.64. The fourth-order valence-electron chi connectivity index (χ4n) is 1.58. The van der Waals surface area contributed by atoms with E-state index in [1.165, 1.54) is 0 Å². The van der Waals surface area contributed by atoms with Crippen LogP contribution in [0.3, 0.4) is 0 Å². The van der Waals surface area contributed by atoms with Crippen molar-refractivity contribution in [3.05, 3.63) is 34.3 Å². The van der Waals surface area contributed by atoms with E-state index in [1.807, 2.05) is 38.1 Å². The summed E-state index contributed by atoms with van der Waals surface area (Å²) in [5, 5.41) is 5.87. The lowest BCUT2D eigenvalue weighted by Gasteiger charge is -2.20. The zero-order valence-corrected chi connectivity index (χ0v) is 11.3. The third kappa shape index (κ3) is 3.32. The summed E-state index contributed by atoms with van der Waals surface area (Å²) in [6, 6.07) is 7.93. The second-order valence-corrected chi connectivity index (χ2v) is 4.60. The molecule has 1 aromatic rings. The highest BCUT2D eigenvalue weighted by atomic mass is 79.9. The summed E-state index contributed by atoms with van der Waals surface area (Å²) in [6.45, 7) is 3.89. The second kappa shape index (κ2) is 6.01. The number of rotatable bonds is 4. The van der Waals surface area contributed by atoms with Gasteiger partial charge in [0.25, 0.3) is 0 Å². The fraction of sp³-hybridized carbons (Fsp3) is 0.417. The van der Waals surface area contributed by atoms with Crippen LogP contribution in [0, 0.1) is 0 Å². The average molecular weight is 285 g/mol. The highest BCUT2D eigenvalue weighted by molar-refractivity contribution is 9.10. The number of carbonyl (C=O) groups is 1. The van der Waals surface area contributed by atoms with Gasteiger partial charge < -0.3 is 5.32 Å². The Morgan fingerprint density at radius 1 is 1.31 bits per heavy atom. The monoisotopic (exact) mass is 284 g/mol. The summed E-state index contributed by atoms with van der Waals surface area (Å²) >= 11 is 3.50. The Morgan fingerprint density at radius 2 is 1.94 bits per heavy atom. The minimum atomic E-state index is -0.202. The molecule has 0 spiro atoms. The van der Waals surface area contributed by atoms with Crippen molar-refractivity contribution < 1.29 is 4.79 Å². The smallest absolute Gasteiger partial charge is 0.236 e. The second-order valence-electron chi connectivity index (χ2n) is 3.75. The van der Waals surface area contributed by atoms with Crippen molar-refractivity contribution in [3.63, 3.8) is 0 Å². The molecule has 0 radical (unpaired) electrons. The molecule has 0 heterocycles. The summed E-state index contributed by atoms with van der Waals surface area (Å²) < 4.78 is 1.05. The number of amides is 1. The molecule has 0 saturated heterocycles. The van der Waals surface area contributed by atoms with Crippen molar-refractivity contribution in [2.45, 2.75) is 25.9 Å². The Bertz CT molecular complexity index is 368. The number of hydrogen-bond donors (Lipinski definition) is 2. The quantitative estimate of drug-likeness (QED) is 0.890. The third-order valence-electron chi connectivity index (χ3n) is 2.51. The van der Waals surface area contributed by atoms with E-state index in [9.17, 15) is 4.79 Å². The Morgan fingerprint density at radius 3 is 2.50 bits per heavy atom. The molecule has 0 aliphatic rings. The first-order chi connectivity index (χ1) is 7.56. The normalized spacial score (nSPS) is 14.2. The van der Waals surface area contributed by atoms with Crippen LogP contribution < -0.4 is 10.6 Å². The molecule has 0 saturated carbocycles. The molecule has 0 bridgehead atoms. The van der Waals surface area contributed by atoms with E-state index >= 15 is 0 Å². The SMILES string of the molecule is CNC(=O)C(C)NC(C)c1ccccc1Br. The van der Waals surface area contributed by atoms with Crippen molar-refractivity contribution in [1.82, 2.24) is 10.6 Å². The number of nitrogens with one attached hydrogen (secondary N) is 2. The van der Waals surface area contributed by atoms with Crippen LogP contribution in [0.5, 0.6) is 0 Å². The predicted molar refractivity (Wildman–Crippen MR) is 69.2 cm³/mol. The summed E-state index contributed by atoms with van der Waals surface area (Å²) in [5.41, 5.74) is 1.15. The molecule has 2 N–H and O–H groups in total.